The molecule has 3 N–H and O–H groups in total. The number of hydrogen-bond acceptors (Lipinski definition) is 5. The van der Waals surface area contributed by atoms with Gasteiger partial charge in [-0.2, -0.15) is 0 Å². The number of likely N-dealkylation sites (tertiary alicyclic amines) is 1. The molecule has 2 rings (SSSR count). The number of sulfone groups is 1. The van der Waals surface area contributed by atoms with E-state index in [9.17, 15) is 8.42 Å². The summed E-state index contributed by atoms with van der Waals surface area (Å²) in [4.78, 5) is 2.53. The predicted molar refractivity (Wildman–Crippen MR) is 82.7 cm³/mol. The third-order valence-corrected chi connectivity index (χ3v) is 5.07. The maximum absolute atomic E-state index is 11.6. The highest BCUT2D eigenvalue weighted by Gasteiger charge is 2.19. The van der Waals surface area contributed by atoms with Crippen molar-refractivity contribution in [3.63, 3.8) is 0 Å². The van der Waals surface area contributed by atoms with Crippen LogP contribution in [0.1, 0.15) is 19.3 Å². The molecule has 1 saturated heterocycles. The SMILES string of the molecule is CN1CCCCC1CNc1cccc(S(C)(=O)=O)c1N. The molecule has 20 heavy (non-hydrogen) atoms. The molecule has 0 saturated carbocycles. The Bertz CT molecular complexity index is 572. The summed E-state index contributed by atoms with van der Waals surface area (Å²) in [7, 11) is -1.16. The standard InChI is InChI=1S/C14H23N3O2S/c1-17-9-4-3-6-11(17)10-16-12-7-5-8-13(14(12)15)20(2,18)19/h5,7-8,11,16H,3-4,6,9-10,15H2,1-2H3. The van der Waals surface area contributed by atoms with E-state index in [2.05, 4.69) is 17.3 Å². The molecular weight excluding hydrogens is 274 g/mol. The Kier molecular flexibility index (Phi) is 4.55. The topological polar surface area (TPSA) is 75.4 Å². The molecule has 1 aromatic carbocycles. The number of para-hydroxylation sites is 1. The van der Waals surface area contributed by atoms with Crippen LogP contribution in [0.3, 0.4) is 0 Å². The number of likely N-dealkylation sites (N-methyl/N-ethyl adjacent to an activating group) is 1. The number of anilines is 2. The Morgan fingerprint density at radius 2 is 2.15 bits per heavy atom. The lowest BCUT2D eigenvalue weighted by Gasteiger charge is -2.32. The molecule has 0 radical (unpaired) electrons. The summed E-state index contributed by atoms with van der Waals surface area (Å²) in [5, 5.41) is 3.29. The molecule has 0 aromatic heterocycles. The van der Waals surface area contributed by atoms with Gasteiger partial charge in [-0.1, -0.05) is 12.5 Å². The number of hydrogen-bond donors (Lipinski definition) is 2. The fourth-order valence-corrected chi connectivity index (χ4v) is 3.49. The number of rotatable bonds is 4. The van der Waals surface area contributed by atoms with Crippen LogP contribution in [-0.2, 0) is 9.84 Å². The first-order valence-electron chi connectivity index (χ1n) is 6.92. The molecule has 0 bridgehead atoms. The number of piperidine rings is 1. The zero-order valence-electron chi connectivity index (χ0n) is 12.1. The lowest BCUT2D eigenvalue weighted by molar-refractivity contribution is 0.194. The van der Waals surface area contributed by atoms with E-state index in [1.807, 2.05) is 6.07 Å². The maximum Gasteiger partial charge on any atom is 0.177 e. The molecule has 0 amide bonds. The minimum Gasteiger partial charge on any atom is -0.396 e. The molecule has 1 aromatic rings. The maximum atomic E-state index is 11.6. The highest BCUT2D eigenvalue weighted by molar-refractivity contribution is 7.90. The Labute approximate surface area is 121 Å². The Hall–Kier alpha value is -1.27. The van der Waals surface area contributed by atoms with Crippen LogP contribution >= 0.6 is 0 Å². The second-order valence-electron chi connectivity index (χ2n) is 5.50. The Morgan fingerprint density at radius 3 is 2.80 bits per heavy atom. The van der Waals surface area contributed by atoms with Crippen LogP contribution in [0, 0.1) is 0 Å². The molecule has 1 fully saturated rings. The number of nitrogens with two attached hydrogens (primary N) is 1. The van der Waals surface area contributed by atoms with Crippen LogP contribution in [0.5, 0.6) is 0 Å². The summed E-state index contributed by atoms with van der Waals surface area (Å²) in [6.45, 7) is 1.90. The van der Waals surface area contributed by atoms with Crippen molar-refractivity contribution >= 4 is 21.2 Å². The highest BCUT2D eigenvalue weighted by atomic mass is 32.2. The monoisotopic (exact) mass is 297 g/mol. The fourth-order valence-electron chi connectivity index (χ4n) is 2.65. The smallest absolute Gasteiger partial charge is 0.177 e. The van der Waals surface area contributed by atoms with E-state index >= 15 is 0 Å². The Balaban J connectivity index is 2.10. The van der Waals surface area contributed by atoms with E-state index < -0.39 is 9.84 Å². The lowest BCUT2D eigenvalue weighted by atomic mass is 10.0. The Morgan fingerprint density at radius 1 is 1.40 bits per heavy atom. The van der Waals surface area contributed by atoms with Crippen molar-refractivity contribution in [3.8, 4) is 0 Å². The first-order chi connectivity index (χ1) is 9.39. The van der Waals surface area contributed by atoms with Crippen LogP contribution < -0.4 is 11.1 Å². The number of nitrogens with zero attached hydrogens (tertiary/aromatic N) is 1. The van der Waals surface area contributed by atoms with Gasteiger partial charge in [0.1, 0.15) is 0 Å². The summed E-state index contributed by atoms with van der Waals surface area (Å²) >= 11 is 0. The molecule has 0 spiro atoms. The quantitative estimate of drug-likeness (QED) is 0.825. The van der Waals surface area contributed by atoms with Crippen molar-refractivity contribution in [2.24, 2.45) is 0 Å². The molecule has 1 atom stereocenters. The van der Waals surface area contributed by atoms with Gasteiger partial charge in [0.25, 0.3) is 0 Å². The van der Waals surface area contributed by atoms with Crippen LogP contribution in [0.15, 0.2) is 23.1 Å². The zero-order valence-corrected chi connectivity index (χ0v) is 12.9. The van der Waals surface area contributed by atoms with Gasteiger partial charge in [0.2, 0.25) is 0 Å². The molecule has 0 aliphatic carbocycles. The van der Waals surface area contributed by atoms with E-state index in [4.69, 9.17) is 5.73 Å². The van der Waals surface area contributed by atoms with E-state index in [-0.39, 0.29) is 4.90 Å². The van der Waals surface area contributed by atoms with Gasteiger partial charge in [-0.05, 0) is 38.6 Å². The molecular formula is C14H23N3O2S. The van der Waals surface area contributed by atoms with Gasteiger partial charge in [-0.25, -0.2) is 8.42 Å². The average molecular weight is 297 g/mol. The van der Waals surface area contributed by atoms with Gasteiger partial charge in [0.05, 0.1) is 16.3 Å². The van der Waals surface area contributed by atoms with Crippen LogP contribution in [0.4, 0.5) is 11.4 Å². The number of nitrogen functional groups attached to an aromatic ring is 1. The molecule has 1 heterocycles. The highest BCUT2D eigenvalue weighted by Crippen LogP contribution is 2.27. The minimum absolute atomic E-state index is 0.194. The van der Waals surface area contributed by atoms with Crippen molar-refractivity contribution in [1.29, 1.82) is 0 Å². The van der Waals surface area contributed by atoms with E-state index in [0.29, 0.717) is 17.4 Å². The minimum atomic E-state index is -3.29. The molecule has 6 heteroatoms. The normalized spacial score (nSPS) is 20.8. The van der Waals surface area contributed by atoms with E-state index in [0.717, 1.165) is 19.5 Å². The first-order valence-corrected chi connectivity index (χ1v) is 8.81. The van der Waals surface area contributed by atoms with Gasteiger partial charge < -0.3 is 16.0 Å². The summed E-state index contributed by atoms with van der Waals surface area (Å²) in [5.41, 5.74) is 6.98. The molecule has 1 aliphatic heterocycles. The first kappa shape index (κ1) is 15.1. The van der Waals surface area contributed by atoms with Gasteiger partial charge in [0, 0.05) is 18.8 Å². The molecule has 112 valence electrons. The zero-order chi connectivity index (χ0) is 14.8. The molecule has 1 unspecified atom stereocenters. The van der Waals surface area contributed by atoms with Gasteiger partial charge in [-0.15, -0.1) is 0 Å². The van der Waals surface area contributed by atoms with Crippen LogP contribution in [0.2, 0.25) is 0 Å². The third kappa shape index (κ3) is 3.43. The van der Waals surface area contributed by atoms with Gasteiger partial charge >= 0.3 is 0 Å². The summed E-state index contributed by atoms with van der Waals surface area (Å²) in [5.74, 6) is 0. The molecule has 5 nitrogen and oxygen atoms in total. The molecule has 1 aliphatic rings. The van der Waals surface area contributed by atoms with Crippen molar-refractivity contribution < 1.29 is 8.42 Å². The predicted octanol–water partition coefficient (Wildman–Crippen LogP) is 1.57. The van der Waals surface area contributed by atoms with Crippen molar-refractivity contribution in [2.75, 3.05) is 37.4 Å². The van der Waals surface area contributed by atoms with Crippen molar-refractivity contribution in [1.82, 2.24) is 4.90 Å². The van der Waals surface area contributed by atoms with Gasteiger partial charge in [-0.3, -0.25) is 0 Å². The fraction of sp³-hybridized carbons (Fsp3) is 0.571. The van der Waals surface area contributed by atoms with Crippen LogP contribution in [-0.4, -0.2) is 45.8 Å². The second-order valence-corrected chi connectivity index (χ2v) is 7.48. The lowest BCUT2D eigenvalue weighted by Crippen LogP contribution is -2.40. The third-order valence-electron chi connectivity index (χ3n) is 3.92. The number of benzene rings is 1. The average Bonchev–Trinajstić information content (AvgIpc) is 2.38. The van der Waals surface area contributed by atoms with E-state index in [1.54, 1.807) is 12.1 Å². The van der Waals surface area contributed by atoms with Gasteiger partial charge in [0.15, 0.2) is 9.84 Å². The summed E-state index contributed by atoms with van der Waals surface area (Å²) in [6.07, 6.45) is 4.83. The summed E-state index contributed by atoms with van der Waals surface area (Å²) < 4.78 is 23.3. The van der Waals surface area contributed by atoms with Crippen molar-refractivity contribution in [3.05, 3.63) is 18.2 Å². The van der Waals surface area contributed by atoms with Crippen molar-refractivity contribution in [2.45, 2.75) is 30.2 Å². The largest absolute Gasteiger partial charge is 0.396 e. The van der Waals surface area contributed by atoms with E-state index in [1.165, 1.54) is 19.1 Å². The second kappa shape index (κ2) is 6.01. The summed E-state index contributed by atoms with van der Waals surface area (Å²) in [6, 6.07) is 5.57. The van der Waals surface area contributed by atoms with Crippen LogP contribution in [0.25, 0.3) is 0 Å². The number of nitrogens with one attached hydrogen (secondary N) is 1.